The van der Waals surface area contributed by atoms with Gasteiger partial charge in [-0.3, -0.25) is 4.79 Å². The highest BCUT2D eigenvalue weighted by atomic mass is 16.1. The third-order valence-electron chi connectivity index (χ3n) is 3.28. The standard InChI is InChI=1S/C17H19NO/c18-17(19)13-12-16-9-5-4-8-15(16)11-10-14-6-2-1-3-7-14/h1-9H,10-13H2,(H2,18,19). The molecule has 2 rings (SSSR count). The highest BCUT2D eigenvalue weighted by molar-refractivity contribution is 5.74. The van der Waals surface area contributed by atoms with Gasteiger partial charge < -0.3 is 5.73 Å². The molecule has 0 fully saturated rings. The van der Waals surface area contributed by atoms with Crippen LogP contribution in [0.15, 0.2) is 54.6 Å². The third kappa shape index (κ3) is 4.25. The van der Waals surface area contributed by atoms with E-state index in [0.717, 1.165) is 19.3 Å². The second kappa shape index (κ2) is 6.74. The quantitative estimate of drug-likeness (QED) is 0.845. The molecule has 0 saturated heterocycles. The van der Waals surface area contributed by atoms with Gasteiger partial charge in [-0.1, -0.05) is 54.6 Å². The average Bonchev–Trinajstić information content (AvgIpc) is 2.45. The van der Waals surface area contributed by atoms with Crippen LogP contribution in [-0.4, -0.2) is 5.91 Å². The molecule has 0 heterocycles. The van der Waals surface area contributed by atoms with Crippen molar-refractivity contribution in [3.05, 3.63) is 71.3 Å². The number of primary amides is 1. The summed E-state index contributed by atoms with van der Waals surface area (Å²) in [4.78, 5) is 10.9. The topological polar surface area (TPSA) is 43.1 Å². The molecule has 0 radical (unpaired) electrons. The molecule has 0 aliphatic carbocycles. The second-order valence-electron chi connectivity index (χ2n) is 4.72. The van der Waals surface area contributed by atoms with E-state index >= 15 is 0 Å². The Kier molecular flexibility index (Phi) is 4.73. The van der Waals surface area contributed by atoms with Gasteiger partial charge in [0.2, 0.25) is 5.91 Å². The molecule has 19 heavy (non-hydrogen) atoms. The molecule has 2 nitrogen and oxygen atoms in total. The summed E-state index contributed by atoms with van der Waals surface area (Å²) in [6, 6.07) is 18.7. The molecule has 2 aromatic carbocycles. The fourth-order valence-corrected chi connectivity index (χ4v) is 2.23. The molecule has 0 aliphatic heterocycles. The van der Waals surface area contributed by atoms with Gasteiger partial charge in [0.25, 0.3) is 0 Å². The number of hydrogen-bond acceptors (Lipinski definition) is 1. The maximum absolute atomic E-state index is 10.9. The minimum absolute atomic E-state index is 0.238. The lowest BCUT2D eigenvalue weighted by Gasteiger charge is -2.08. The van der Waals surface area contributed by atoms with Gasteiger partial charge in [-0.25, -0.2) is 0 Å². The third-order valence-corrected chi connectivity index (χ3v) is 3.28. The number of benzene rings is 2. The summed E-state index contributed by atoms with van der Waals surface area (Å²) in [6.45, 7) is 0. The molecule has 98 valence electrons. The Balaban J connectivity index is 2.01. The first-order chi connectivity index (χ1) is 9.25. The van der Waals surface area contributed by atoms with E-state index in [2.05, 4.69) is 36.4 Å². The van der Waals surface area contributed by atoms with E-state index < -0.39 is 0 Å². The van der Waals surface area contributed by atoms with E-state index in [0.29, 0.717) is 6.42 Å². The van der Waals surface area contributed by atoms with Crippen LogP contribution in [-0.2, 0) is 24.1 Å². The molecule has 0 saturated carbocycles. The number of aryl methyl sites for hydroxylation is 3. The lowest BCUT2D eigenvalue weighted by atomic mass is 9.97. The van der Waals surface area contributed by atoms with Crippen LogP contribution in [0.5, 0.6) is 0 Å². The number of carbonyl (C=O) groups excluding carboxylic acids is 1. The van der Waals surface area contributed by atoms with Crippen molar-refractivity contribution in [1.29, 1.82) is 0 Å². The van der Waals surface area contributed by atoms with Crippen LogP contribution in [0.25, 0.3) is 0 Å². The van der Waals surface area contributed by atoms with Crippen molar-refractivity contribution in [2.75, 3.05) is 0 Å². The Labute approximate surface area is 114 Å². The highest BCUT2D eigenvalue weighted by Gasteiger charge is 2.04. The number of hydrogen-bond donors (Lipinski definition) is 1. The van der Waals surface area contributed by atoms with Crippen LogP contribution in [0.1, 0.15) is 23.1 Å². The predicted molar refractivity (Wildman–Crippen MR) is 77.8 cm³/mol. The molecular weight excluding hydrogens is 234 g/mol. The molecule has 2 heteroatoms. The molecule has 2 N–H and O–H groups in total. The van der Waals surface area contributed by atoms with Gasteiger partial charge in [-0.05, 0) is 36.0 Å². The Bertz CT molecular complexity index is 534. The Morgan fingerprint density at radius 3 is 2.00 bits per heavy atom. The number of amides is 1. The average molecular weight is 253 g/mol. The summed E-state index contributed by atoms with van der Waals surface area (Å²) in [5, 5.41) is 0. The van der Waals surface area contributed by atoms with E-state index in [1.54, 1.807) is 0 Å². The van der Waals surface area contributed by atoms with E-state index in [9.17, 15) is 4.79 Å². The normalized spacial score (nSPS) is 10.3. The van der Waals surface area contributed by atoms with Gasteiger partial charge in [-0.2, -0.15) is 0 Å². The van der Waals surface area contributed by atoms with E-state index in [1.807, 2.05) is 18.2 Å². The molecule has 1 amide bonds. The zero-order chi connectivity index (χ0) is 13.5. The van der Waals surface area contributed by atoms with Crippen LogP contribution in [0.3, 0.4) is 0 Å². The summed E-state index contributed by atoms with van der Waals surface area (Å²) in [5.74, 6) is -0.238. The SMILES string of the molecule is NC(=O)CCc1ccccc1CCc1ccccc1. The van der Waals surface area contributed by atoms with Gasteiger partial charge in [0.05, 0.1) is 0 Å². The van der Waals surface area contributed by atoms with Crippen LogP contribution in [0.2, 0.25) is 0 Å². The fraction of sp³-hybridized carbons (Fsp3) is 0.235. The summed E-state index contributed by atoms with van der Waals surface area (Å²) >= 11 is 0. The van der Waals surface area contributed by atoms with E-state index in [4.69, 9.17) is 5.73 Å². The van der Waals surface area contributed by atoms with Crippen LogP contribution >= 0.6 is 0 Å². The maximum atomic E-state index is 10.9. The largest absolute Gasteiger partial charge is 0.370 e. The summed E-state index contributed by atoms with van der Waals surface area (Å²) in [5.41, 5.74) is 9.10. The minimum Gasteiger partial charge on any atom is -0.370 e. The maximum Gasteiger partial charge on any atom is 0.217 e. The van der Waals surface area contributed by atoms with Crippen LogP contribution in [0, 0.1) is 0 Å². The van der Waals surface area contributed by atoms with Gasteiger partial charge in [-0.15, -0.1) is 0 Å². The number of carbonyl (C=O) groups is 1. The zero-order valence-electron chi connectivity index (χ0n) is 11.0. The zero-order valence-corrected chi connectivity index (χ0v) is 11.0. The van der Waals surface area contributed by atoms with Crippen molar-refractivity contribution in [3.8, 4) is 0 Å². The second-order valence-corrected chi connectivity index (χ2v) is 4.72. The monoisotopic (exact) mass is 253 g/mol. The lowest BCUT2D eigenvalue weighted by molar-refractivity contribution is -0.117. The van der Waals surface area contributed by atoms with Gasteiger partial charge in [0, 0.05) is 6.42 Å². The first kappa shape index (κ1) is 13.3. The predicted octanol–water partition coefficient (Wildman–Crippen LogP) is 2.89. The van der Waals surface area contributed by atoms with Crippen molar-refractivity contribution in [1.82, 2.24) is 0 Å². The Morgan fingerprint density at radius 1 is 0.789 bits per heavy atom. The van der Waals surface area contributed by atoms with E-state index in [-0.39, 0.29) is 5.91 Å². The van der Waals surface area contributed by atoms with E-state index in [1.165, 1.54) is 16.7 Å². The van der Waals surface area contributed by atoms with Crippen LogP contribution in [0.4, 0.5) is 0 Å². The smallest absolute Gasteiger partial charge is 0.217 e. The van der Waals surface area contributed by atoms with Crippen molar-refractivity contribution in [2.24, 2.45) is 5.73 Å². The van der Waals surface area contributed by atoms with Crippen molar-refractivity contribution < 1.29 is 4.79 Å². The number of nitrogens with two attached hydrogens (primary N) is 1. The molecular formula is C17H19NO. The number of rotatable bonds is 6. The van der Waals surface area contributed by atoms with Crippen LogP contribution < -0.4 is 5.73 Å². The first-order valence-electron chi connectivity index (χ1n) is 6.65. The Hall–Kier alpha value is -2.09. The van der Waals surface area contributed by atoms with Crippen molar-refractivity contribution in [3.63, 3.8) is 0 Å². The fourth-order valence-electron chi connectivity index (χ4n) is 2.23. The molecule has 2 aromatic rings. The first-order valence-corrected chi connectivity index (χ1v) is 6.65. The highest BCUT2D eigenvalue weighted by Crippen LogP contribution is 2.14. The minimum atomic E-state index is -0.238. The summed E-state index contributed by atoms with van der Waals surface area (Å²) < 4.78 is 0. The van der Waals surface area contributed by atoms with Gasteiger partial charge >= 0.3 is 0 Å². The lowest BCUT2D eigenvalue weighted by Crippen LogP contribution is -2.11. The van der Waals surface area contributed by atoms with Gasteiger partial charge in [0.1, 0.15) is 0 Å². The summed E-state index contributed by atoms with van der Waals surface area (Å²) in [7, 11) is 0. The molecule has 0 spiro atoms. The van der Waals surface area contributed by atoms with Gasteiger partial charge in [0.15, 0.2) is 0 Å². The Morgan fingerprint density at radius 2 is 1.37 bits per heavy atom. The molecule has 0 aliphatic rings. The van der Waals surface area contributed by atoms with Crippen molar-refractivity contribution >= 4 is 5.91 Å². The molecule has 0 aromatic heterocycles. The summed E-state index contributed by atoms with van der Waals surface area (Å²) in [6.07, 6.45) is 3.18. The molecule has 0 atom stereocenters. The molecule has 0 unspecified atom stereocenters. The van der Waals surface area contributed by atoms with Crippen molar-refractivity contribution in [2.45, 2.75) is 25.7 Å². The molecule has 0 bridgehead atoms.